The summed E-state index contributed by atoms with van der Waals surface area (Å²) in [6.45, 7) is 0. The van der Waals surface area contributed by atoms with Gasteiger partial charge in [-0.15, -0.1) is 0 Å². The van der Waals surface area contributed by atoms with Crippen molar-refractivity contribution in [2.24, 2.45) is 0 Å². The number of nitrogens with zero attached hydrogens (tertiary/aromatic N) is 3. The zero-order chi connectivity index (χ0) is 14.8. The number of carbonyl (C=O) groups excluding carboxylic acids is 1. The molecule has 1 aromatic carbocycles. The summed E-state index contributed by atoms with van der Waals surface area (Å²) < 4.78 is 25.9. The Hall–Kier alpha value is -2.35. The fourth-order valence-electron chi connectivity index (χ4n) is 1.74. The van der Waals surface area contributed by atoms with Crippen molar-refractivity contribution < 1.29 is 13.6 Å². The molecule has 2 aromatic heterocycles. The average Bonchev–Trinajstić information content (AvgIpc) is 2.96. The van der Waals surface area contributed by atoms with Crippen molar-refractivity contribution in [3.8, 4) is 0 Å². The topological polar surface area (TPSA) is 71.5 Å². The molecule has 0 aliphatic heterocycles. The number of hydrogen-bond donors (Lipinski definition) is 1. The number of carbonyl (C=O) groups is 1. The van der Waals surface area contributed by atoms with Crippen LogP contribution in [0.25, 0.3) is 11.2 Å². The SMILES string of the molecule is O=C(CSc1ncnc2nc[nH]c12)c1ccc(F)c(F)c1. The van der Waals surface area contributed by atoms with Crippen LogP contribution in [0.15, 0.2) is 35.9 Å². The second-order valence-electron chi connectivity index (χ2n) is 4.12. The highest BCUT2D eigenvalue weighted by Gasteiger charge is 2.13. The lowest BCUT2D eigenvalue weighted by Gasteiger charge is -2.02. The number of imidazole rings is 1. The normalized spacial score (nSPS) is 11.0. The predicted molar refractivity (Wildman–Crippen MR) is 73.1 cm³/mol. The molecule has 0 aliphatic carbocycles. The molecule has 0 spiro atoms. The van der Waals surface area contributed by atoms with Crippen molar-refractivity contribution in [3.63, 3.8) is 0 Å². The number of H-pyrrole nitrogens is 1. The maximum Gasteiger partial charge on any atom is 0.181 e. The second-order valence-corrected chi connectivity index (χ2v) is 5.08. The van der Waals surface area contributed by atoms with E-state index in [2.05, 4.69) is 19.9 Å². The van der Waals surface area contributed by atoms with Crippen molar-refractivity contribution in [2.45, 2.75) is 5.03 Å². The molecule has 0 fully saturated rings. The molecule has 2 heterocycles. The smallest absolute Gasteiger partial charge is 0.181 e. The fraction of sp³-hybridized carbons (Fsp3) is 0.0769. The third-order valence-electron chi connectivity index (χ3n) is 2.77. The summed E-state index contributed by atoms with van der Waals surface area (Å²) in [6, 6.07) is 3.09. The quantitative estimate of drug-likeness (QED) is 0.456. The first kappa shape index (κ1) is 13.6. The van der Waals surface area contributed by atoms with E-state index in [0.29, 0.717) is 16.2 Å². The number of thioether (sulfide) groups is 1. The van der Waals surface area contributed by atoms with Crippen LogP contribution < -0.4 is 0 Å². The molecule has 0 radical (unpaired) electrons. The molecule has 8 heteroatoms. The first-order chi connectivity index (χ1) is 10.1. The van der Waals surface area contributed by atoms with Crippen molar-refractivity contribution in [1.29, 1.82) is 0 Å². The minimum Gasteiger partial charge on any atom is -0.341 e. The van der Waals surface area contributed by atoms with Gasteiger partial charge in [0.2, 0.25) is 0 Å². The summed E-state index contributed by atoms with van der Waals surface area (Å²) >= 11 is 1.18. The molecule has 106 valence electrons. The van der Waals surface area contributed by atoms with Gasteiger partial charge in [0, 0.05) is 5.56 Å². The number of hydrogen-bond acceptors (Lipinski definition) is 5. The lowest BCUT2D eigenvalue weighted by Crippen LogP contribution is -2.04. The Balaban J connectivity index is 1.76. The Bertz CT molecular complexity index is 821. The van der Waals surface area contributed by atoms with Crippen molar-refractivity contribution >= 4 is 28.7 Å². The van der Waals surface area contributed by atoms with Crippen LogP contribution in [0.4, 0.5) is 8.78 Å². The monoisotopic (exact) mass is 306 g/mol. The molecule has 0 atom stereocenters. The summed E-state index contributed by atoms with van der Waals surface area (Å²) in [4.78, 5) is 26.9. The van der Waals surface area contributed by atoms with Crippen LogP contribution in [-0.2, 0) is 0 Å². The van der Waals surface area contributed by atoms with E-state index in [4.69, 9.17) is 0 Å². The van der Waals surface area contributed by atoms with Gasteiger partial charge in [-0.1, -0.05) is 11.8 Å². The van der Waals surface area contributed by atoms with E-state index < -0.39 is 11.6 Å². The van der Waals surface area contributed by atoms with E-state index in [1.165, 1.54) is 30.5 Å². The van der Waals surface area contributed by atoms with Gasteiger partial charge in [-0.05, 0) is 18.2 Å². The lowest BCUT2D eigenvalue weighted by molar-refractivity contribution is 0.102. The van der Waals surface area contributed by atoms with Crippen molar-refractivity contribution in [2.75, 3.05) is 5.75 Å². The van der Waals surface area contributed by atoms with E-state index in [9.17, 15) is 13.6 Å². The lowest BCUT2D eigenvalue weighted by atomic mass is 10.1. The molecular formula is C13H8F2N4OS. The summed E-state index contributed by atoms with van der Waals surface area (Å²) in [6.07, 6.45) is 2.84. The highest BCUT2D eigenvalue weighted by Crippen LogP contribution is 2.23. The third-order valence-corrected chi connectivity index (χ3v) is 3.76. The molecule has 0 saturated carbocycles. The maximum absolute atomic E-state index is 13.1. The van der Waals surface area contributed by atoms with E-state index in [-0.39, 0.29) is 17.1 Å². The first-order valence-corrected chi connectivity index (χ1v) is 6.89. The first-order valence-electron chi connectivity index (χ1n) is 5.90. The molecule has 0 bridgehead atoms. The van der Waals surface area contributed by atoms with E-state index in [1.54, 1.807) is 0 Å². The van der Waals surface area contributed by atoms with Gasteiger partial charge < -0.3 is 4.98 Å². The molecule has 21 heavy (non-hydrogen) atoms. The Morgan fingerprint density at radius 3 is 2.86 bits per heavy atom. The molecule has 0 saturated heterocycles. The van der Waals surface area contributed by atoms with E-state index in [1.807, 2.05) is 0 Å². The summed E-state index contributed by atoms with van der Waals surface area (Å²) in [5.74, 6) is -2.28. The van der Waals surface area contributed by atoms with Crippen LogP contribution in [0.2, 0.25) is 0 Å². The highest BCUT2D eigenvalue weighted by molar-refractivity contribution is 8.00. The molecule has 1 N–H and O–H groups in total. The molecule has 3 rings (SSSR count). The standard InChI is InChI=1S/C13H8F2N4OS/c14-8-2-1-7(3-9(8)15)10(20)4-21-13-11-12(17-5-16-11)18-6-19-13/h1-3,5-6H,4H2,(H,16,17,18,19). The number of halogens is 2. The Morgan fingerprint density at radius 2 is 2.05 bits per heavy atom. The number of aromatic amines is 1. The minimum atomic E-state index is -1.04. The largest absolute Gasteiger partial charge is 0.341 e. The number of aromatic nitrogens is 4. The average molecular weight is 306 g/mol. The van der Waals surface area contributed by atoms with Gasteiger partial charge in [0.25, 0.3) is 0 Å². The number of fused-ring (bicyclic) bond motifs is 1. The van der Waals surface area contributed by atoms with E-state index in [0.717, 1.165) is 12.1 Å². The summed E-state index contributed by atoms with van der Waals surface area (Å²) in [5, 5.41) is 0.577. The number of ketones is 1. The Morgan fingerprint density at radius 1 is 1.19 bits per heavy atom. The van der Waals surface area contributed by atoms with Crippen molar-refractivity contribution in [1.82, 2.24) is 19.9 Å². The van der Waals surface area contributed by atoms with Crippen molar-refractivity contribution in [3.05, 3.63) is 48.1 Å². The Kier molecular flexibility index (Phi) is 3.61. The number of rotatable bonds is 4. The molecular weight excluding hydrogens is 298 g/mol. The zero-order valence-electron chi connectivity index (χ0n) is 10.5. The molecule has 0 aliphatic rings. The van der Waals surface area contributed by atoms with Crippen LogP contribution in [-0.4, -0.2) is 31.5 Å². The van der Waals surface area contributed by atoms with Crippen LogP contribution in [0, 0.1) is 11.6 Å². The molecule has 0 amide bonds. The van der Waals surface area contributed by atoms with Crippen LogP contribution in [0.5, 0.6) is 0 Å². The predicted octanol–water partition coefficient (Wildman–Crippen LogP) is 2.61. The van der Waals surface area contributed by atoms with Crippen LogP contribution in [0.3, 0.4) is 0 Å². The molecule has 3 aromatic rings. The summed E-state index contributed by atoms with van der Waals surface area (Å²) in [5.41, 5.74) is 1.27. The van der Waals surface area contributed by atoms with Gasteiger partial charge in [-0.3, -0.25) is 4.79 Å². The molecule has 5 nitrogen and oxygen atoms in total. The minimum absolute atomic E-state index is 0.0518. The third kappa shape index (κ3) is 2.75. The van der Waals surface area contributed by atoms with Crippen LogP contribution >= 0.6 is 11.8 Å². The van der Waals surface area contributed by atoms with Gasteiger partial charge in [-0.2, -0.15) is 0 Å². The maximum atomic E-state index is 13.1. The fourth-order valence-corrected chi connectivity index (χ4v) is 2.59. The molecule has 0 unspecified atom stereocenters. The zero-order valence-corrected chi connectivity index (χ0v) is 11.3. The van der Waals surface area contributed by atoms with Gasteiger partial charge in [0.15, 0.2) is 23.1 Å². The van der Waals surface area contributed by atoms with Gasteiger partial charge >= 0.3 is 0 Å². The number of Topliss-reactive ketones (excluding diaryl/α,β-unsaturated/α-hetero) is 1. The number of nitrogens with one attached hydrogen (secondary N) is 1. The van der Waals surface area contributed by atoms with E-state index >= 15 is 0 Å². The Labute approximate surface area is 121 Å². The van der Waals surface area contributed by atoms with Gasteiger partial charge in [-0.25, -0.2) is 23.7 Å². The highest BCUT2D eigenvalue weighted by atomic mass is 32.2. The van der Waals surface area contributed by atoms with Gasteiger partial charge in [0.1, 0.15) is 16.9 Å². The van der Waals surface area contributed by atoms with Gasteiger partial charge in [0.05, 0.1) is 12.1 Å². The second kappa shape index (κ2) is 5.57. The summed E-state index contributed by atoms with van der Waals surface area (Å²) in [7, 11) is 0. The van der Waals surface area contributed by atoms with Crippen LogP contribution in [0.1, 0.15) is 10.4 Å². The number of benzene rings is 1.